The molecule has 9 atom stereocenters. The first-order chi connectivity index (χ1) is 14.4. The summed E-state index contributed by atoms with van der Waals surface area (Å²) in [6.45, 7) is 5.98. The topological polar surface area (TPSA) is 101 Å². The van der Waals surface area contributed by atoms with E-state index in [1.165, 1.54) is 19.1 Å². The predicted molar refractivity (Wildman–Crippen MR) is 109 cm³/mol. The van der Waals surface area contributed by atoms with Crippen molar-refractivity contribution in [2.24, 2.45) is 34.5 Å². The Kier molecular flexibility index (Phi) is 5.10. The molecule has 4 aliphatic rings. The van der Waals surface area contributed by atoms with Crippen LogP contribution in [0.1, 0.15) is 47.0 Å². The number of ketones is 2. The number of rotatable bonds is 3. The molecule has 4 rings (SSSR count). The van der Waals surface area contributed by atoms with Gasteiger partial charge in [-0.05, 0) is 48.8 Å². The summed E-state index contributed by atoms with van der Waals surface area (Å²) in [6, 6.07) is 0. The van der Waals surface area contributed by atoms with Crippen LogP contribution in [-0.2, 0) is 19.1 Å². The SMILES string of the molecule is CC(=O)O[C@]1(C(=O)CO)[C@H](C)C[C@H]2[C@@H]3C[C@H](F)C4=CC(=O)C=C[C@]4(C)[C@H]3C(O)C[C@@]21C. The summed E-state index contributed by atoms with van der Waals surface area (Å²) in [5, 5.41) is 21.1. The number of fused-ring (bicyclic) bond motifs is 5. The van der Waals surface area contributed by atoms with E-state index < -0.39 is 47.1 Å². The zero-order valence-corrected chi connectivity index (χ0v) is 18.4. The van der Waals surface area contributed by atoms with E-state index in [2.05, 4.69) is 0 Å². The normalized spacial score (nSPS) is 48.4. The number of Topliss-reactive ketones (excluding diaryl/α,β-unsaturated/α-hetero) is 1. The summed E-state index contributed by atoms with van der Waals surface area (Å²) in [5.74, 6) is -2.61. The van der Waals surface area contributed by atoms with Crippen molar-refractivity contribution >= 4 is 17.5 Å². The van der Waals surface area contributed by atoms with Crippen molar-refractivity contribution in [2.45, 2.75) is 64.8 Å². The fraction of sp³-hybridized carbons (Fsp3) is 0.708. The molecular weight excluding hydrogens is 403 g/mol. The molecule has 0 aromatic carbocycles. The Balaban J connectivity index is 1.84. The van der Waals surface area contributed by atoms with Crippen molar-refractivity contribution in [2.75, 3.05) is 6.61 Å². The molecule has 0 saturated heterocycles. The number of hydrogen-bond donors (Lipinski definition) is 2. The average Bonchev–Trinajstić information content (AvgIpc) is 2.90. The molecule has 0 amide bonds. The largest absolute Gasteiger partial charge is 0.450 e. The van der Waals surface area contributed by atoms with Crippen LogP contribution in [0, 0.1) is 34.5 Å². The van der Waals surface area contributed by atoms with Gasteiger partial charge in [0.15, 0.2) is 11.4 Å². The lowest BCUT2D eigenvalue weighted by atomic mass is 9.46. The average molecular weight is 435 g/mol. The second-order valence-electron chi connectivity index (χ2n) is 10.4. The first kappa shape index (κ1) is 22.3. The number of halogens is 1. The molecule has 31 heavy (non-hydrogen) atoms. The summed E-state index contributed by atoms with van der Waals surface area (Å²) < 4.78 is 21.1. The van der Waals surface area contributed by atoms with Gasteiger partial charge in [-0.3, -0.25) is 14.4 Å². The quantitative estimate of drug-likeness (QED) is 0.661. The van der Waals surface area contributed by atoms with Crippen LogP contribution in [0.4, 0.5) is 4.39 Å². The van der Waals surface area contributed by atoms with E-state index in [0.717, 1.165) is 0 Å². The van der Waals surface area contributed by atoms with Crippen LogP contribution in [0.15, 0.2) is 23.8 Å². The number of alkyl halides is 1. The molecule has 3 fully saturated rings. The summed E-state index contributed by atoms with van der Waals surface area (Å²) in [6.07, 6.45) is 3.14. The van der Waals surface area contributed by atoms with Crippen molar-refractivity contribution in [3.05, 3.63) is 23.8 Å². The van der Waals surface area contributed by atoms with Crippen molar-refractivity contribution in [1.82, 2.24) is 0 Å². The van der Waals surface area contributed by atoms with E-state index in [0.29, 0.717) is 12.0 Å². The third kappa shape index (κ3) is 2.78. The molecule has 0 spiro atoms. The molecular formula is C24H31FO6. The van der Waals surface area contributed by atoms with Gasteiger partial charge in [-0.1, -0.05) is 26.8 Å². The van der Waals surface area contributed by atoms with Crippen molar-refractivity contribution in [1.29, 1.82) is 0 Å². The maximum atomic E-state index is 15.4. The second kappa shape index (κ2) is 7.07. The maximum Gasteiger partial charge on any atom is 0.303 e. The molecule has 6 nitrogen and oxygen atoms in total. The second-order valence-corrected chi connectivity index (χ2v) is 10.4. The first-order valence-electron chi connectivity index (χ1n) is 11.0. The summed E-state index contributed by atoms with van der Waals surface area (Å²) in [7, 11) is 0. The van der Waals surface area contributed by atoms with E-state index >= 15 is 4.39 Å². The van der Waals surface area contributed by atoms with Gasteiger partial charge in [0.05, 0.1) is 6.10 Å². The van der Waals surface area contributed by atoms with Crippen LogP contribution in [0.25, 0.3) is 0 Å². The fourth-order valence-electron chi connectivity index (χ4n) is 7.87. The lowest BCUT2D eigenvalue weighted by Crippen LogP contribution is -2.64. The third-order valence-electron chi connectivity index (χ3n) is 8.88. The van der Waals surface area contributed by atoms with Crippen molar-refractivity contribution < 1.29 is 33.7 Å². The Bertz CT molecular complexity index is 895. The van der Waals surface area contributed by atoms with Crippen LogP contribution in [0.3, 0.4) is 0 Å². The minimum Gasteiger partial charge on any atom is -0.450 e. The molecule has 0 aromatic rings. The molecule has 0 aliphatic heterocycles. The minimum atomic E-state index is -1.56. The standard InChI is InChI=1S/C24H31FO6/c1-12-7-16-15-9-18(25)17-8-14(28)5-6-22(17,3)21(15)19(29)10-23(16,4)24(12,20(30)11-26)31-13(2)27/h5-6,8,12,15-16,18-19,21,26,29H,7,9-11H2,1-4H3/t12-,15+,16+,18+,19?,21-,22+,23+,24+/m1/s1. The predicted octanol–water partition coefficient (Wildman–Crippen LogP) is 2.32. The zero-order valence-electron chi connectivity index (χ0n) is 18.4. The van der Waals surface area contributed by atoms with Crippen molar-refractivity contribution in [3.63, 3.8) is 0 Å². The van der Waals surface area contributed by atoms with Gasteiger partial charge in [0, 0.05) is 29.6 Å². The highest BCUT2D eigenvalue weighted by atomic mass is 19.1. The van der Waals surface area contributed by atoms with Gasteiger partial charge in [-0.25, -0.2) is 4.39 Å². The Hall–Kier alpha value is -1.86. The number of aliphatic hydroxyl groups excluding tert-OH is 2. The van der Waals surface area contributed by atoms with Gasteiger partial charge in [-0.15, -0.1) is 0 Å². The van der Waals surface area contributed by atoms with Gasteiger partial charge < -0.3 is 14.9 Å². The molecule has 0 bridgehead atoms. The number of hydrogen-bond acceptors (Lipinski definition) is 6. The highest BCUT2D eigenvalue weighted by molar-refractivity contribution is 6.01. The van der Waals surface area contributed by atoms with Crippen LogP contribution in [0.2, 0.25) is 0 Å². The van der Waals surface area contributed by atoms with E-state index in [9.17, 15) is 24.6 Å². The number of carbonyl (C=O) groups is 3. The van der Waals surface area contributed by atoms with E-state index in [-0.39, 0.29) is 42.3 Å². The summed E-state index contributed by atoms with van der Waals surface area (Å²) >= 11 is 0. The van der Waals surface area contributed by atoms with E-state index in [1.54, 1.807) is 6.08 Å². The first-order valence-corrected chi connectivity index (χ1v) is 11.0. The molecule has 0 heterocycles. The molecule has 4 aliphatic carbocycles. The maximum absolute atomic E-state index is 15.4. The lowest BCUT2D eigenvalue weighted by molar-refractivity contribution is -0.205. The fourth-order valence-corrected chi connectivity index (χ4v) is 7.87. The molecule has 3 saturated carbocycles. The highest BCUT2D eigenvalue weighted by Crippen LogP contribution is 2.69. The number of aliphatic hydroxyl groups is 2. The van der Waals surface area contributed by atoms with Gasteiger partial charge in [-0.2, -0.15) is 0 Å². The van der Waals surface area contributed by atoms with Gasteiger partial charge in [0.1, 0.15) is 12.8 Å². The summed E-state index contributed by atoms with van der Waals surface area (Å²) in [4.78, 5) is 37.0. The van der Waals surface area contributed by atoms with Crippen LogP contribution in [0.5, 0.6) is 0 Å². The number of ether oxygens (including phenoxy) is 1. The molecule has 2 N–H and O–H groups in total. The molecule has 0 radical (unpaired) electrons. The number of esters is 1. The molecule has 1 unspecified atom stereocenters. The molecule has 170 valence electrons. The zero-order chi connectivity index (χ0) is 22.9. The Morgan fingerprint density at radius 3 is 2.58 bits per heavy atom. The van der Waals surface area contributed by atoms with Gasteiger partial charge >= 0.3 is 5.97 Å². The monoisotopic (exact) mass is 434 g/mol. The molecule has 0 aromatic heterocycles. The third-order valence-corrected chi connectivity index (χ3v) is 8.88. The minimum absolute atomic E-state index is 0.140. The highest BCUT2D eigenvalue weighted by Gasteiger charge is 2.73. The smallest absolute Gasteiger partial charge is 0.303 e. The van der Waals surface area contributed by atoms with Gasteiger partial charge in [0.25, 0.3) is 0 Å². The number of allylic oxidation sites excluding steroid dienone is 4. The Morgan fingerprint density at radius 1 is 1.29 bits per heavy atom. The van der Waals surface area contributed by atoms with E-state index in [1.807, 2.05) is 20.8 Å². The lowest BCUT2D eigenvalue weighted by Gasteiger charge is -2.60. The van der Waals surface area contributed by atoms with Crippen LogP contribution >= 0.6 is 0 Å². The van der Waals surface area contributed by atoms with Crippen LogP contribution in [-0.4, -0.2) is 52.2 Å². The van der Waals surface area contributed by atoms with Crippen LogP contribution < -0.4 is 0 Å². The van der Waals surface area contributed by atoms with E-state index in [4.69, 9.17) is 4.74 Å². The Morgan fingerprint density at radius 2 is 1.97 bits per heavy atom. The summed E-state index contributed by atoms with van der Waals surface area (Å²) in [5.41, 5.74) is -2.89. The Labute approximate surface area is 181 Å². The molecule has 7 heteroatoms. The van der Waals surface area contributed by atoms with Crippen molar-refractivity contribution in [3.8, 4) is 0 Å². The van der Waals surface area contributed by atoms with Gasteiger partial charge in [0.2, 0.25) is 5.78 Å². The number of carbonyl (C=O) groups excluding carboxylic acids is 3.